The second-order valence-electron chi connectivity index (χ2n) is 5.89. The Morgan fingerprint density at radius 1 is 1.00 bits per heavy atom. The normalized spacial score (nSPS) is 13.8. The molecule has 2 N–H and O–H groups in total. The second-order valence-corrected chi connectivity index (χ2v) is 5.89. The molecule has 1 heterocycles. The van der Waals surface area contributed by atoms with E-state index in [1.165, 1.54) is 0 Å². The molecule has 0 radical (unpaired) electrons. The third kappa shape index (κ3) is 2.92. The van der Waals surface area contributed by atoms with Crippen LogP contribution in [0.15, 0.2) is 71.8 Å². The average Bonchev–Trinajstić information content (AvgIpc) is 3.11. The van der Waals surface area contributed by atoms with Gasteiger partial charge in [0.25, 0.3) is 5.91 Å². The number of hydrazone groups is 1. The van der Waals surface area contributed by atoms with E-state index in [2.05, 4.69) is 10.4 Å². The Kier molecular flexibility index (Phi) is 3.82. The Balaban J connectivity index is 1.56. The van der Waals surface area contributed by atoms with Crippen LogP contribution in [0.25, 0.3) is 10.8 Å². The van der Waals surface area contributed by atoms with Gasteiger partial charge >= 0.3 is 0 Å². The van der Waals surface area contributed by atoms with Gasteiger partial charge in [-0.05, 0) is 23.6 Å². The molecule has 0 saturated heterocycles. The highest BCUT2D eigenvalue weighted by molar-refractivity contribution is 6.11. The number of carbonyl (C=O) groups excluding carboxylic acids is 1. The molecule has 0 unspecified atom stereocenters. The molecule has 1 aliphatic heterocycles. The van der Waals surface area contributed by atoms with Gasteiger partial charge in [-0.15, -0.1) is 0 Å². The molecule has 1 aliphatic rings. The van der Waals surface area contributed by atoms with Gasteiger partial charge in [0.15, 0.2) is 0 Å². The van der Waals surface area contributed by atoms with E-state index in [1.54, 1.807) is 12.1 Å². The van der Waals surface area contributed by atoms with Crippen LogP contribution in [0.1, 0.15) is 16.8 Å². The van der Waals surface area contributed by atoms with E-state index in [4.69, 9.17) is 0 Å². The maximum atomic E-state index is 12.5. The van der Waals surface area contributed by atoms with Crippen molar-refractivity contribution in [2.45, 2.75) is 6.42 Å². The van der Waals surface area contributed by atoms with Crippen molar-refractivity contribution < 1.29 is 9.90 Å². The highest BCUT2D eigenvalue weighted by Crippen LogP contribution is 2.28. The zero-order valence-corrected chi connectivity index (χ0v) is 13.5. The molecule has 4 rings (SSSR count). The Morgan fingerprint density at radius 2 is 1.76 bits per heavy atom. The van der Waals surface area contributed by atoms with Crippen LogP contribution >= 0.6 is 0 Å². The van der Waals surface area contributed by atoms with Crippen LogP contribution in [-0.2, 0) is 0 Å². The lowest BCUT2D eigenvalue weighted by Crippen LogP contribution is -2.29. The second kappa shape index (κ2) is 6.28. The SMILES string of the molecule is O=C(NC1=NN(c2ccccc2)CC1)c1ccc2ccccc2c1O. The van der Waals surface area contributed by atoms with Gasteiger partial charge in [-0.1, -0.05) is 48.5 Å². The van der Waals surface area contributed by atoms with Crippen molar-refractivity contribution in [1.29, 1.82) is 0 Å². The summed E-state index contributed by atoms with van der Waals surface area (Å²) in [5.74, 6) is 0.243. The fraction of sp³-hybridized carbons (Fsp3) is 0.100. The van der Waals surface area contributed by atoms with Crippen LogP contribution in [0, 0.1) is 0 Å². The summed E-state index contributed by atoms with van der Waals surface area (Å²) < 4.78 is 0. The van der Waals surface area contributed by atoms with Gasteiger partial charge in [-0.25, -0.2) is 0 Å². The number of rotatable bonds is 2. The van der Waals surface area contributed by atoms with Gasteiger partial charge in [0, 0.05) is 18.4 Å². The molecule has 5 nitrogen and oxygen atoms in total. The van der Waals surface area contributed by atoms with Crippen LogP contribution in [0.3, 0.4) is 0 Å². The number of hydrogen-bond acceptors (Lipinski definition) is 4. The molecule has 0 aromatic heterocycles. The van der Waals surface area contributed by atoms with Crippen molar-refractivity contribution in [3.8, 4) is 5.75 Å². The van der Waals surface area contributed by atoms with E-state index in [-0.39, 0.29) is 17.2 Å². The molecule has 0 saturated carbocycles. The topological polar surface area (TPSA) is 64.9 Å². The zero-order chi connectivity index (χ0) is 17.2. The lowest BCUT2D eigenvalue weighted by Gasteiger charge is -2.12. The van der Waals surface area contributed by atoms with E-state index in [1.807, 2.05) is 59.6 Å². The number of phenolic OH excluding ortho intramolecular Hbond substituents is 1. The summed E-state index contributed by atoms with van der Waals surface area (Å²) in [5.41, 5.74) is 1.24. The number of benzene rings is 3. The van der Waals surface area contributed by atoms with Crippen molar-refractivity contribution in [3.05, 3.63) is 72.3 Å². The summed E-state index contributed by atoms with van der Waals surface area (Å²) in [4.78, 5) is 12.5. The fourth-order valence-electron chi connectivity index (χ4n) is 2.97. The highest BCUT2D eigenvalue weighted by Gasteiger charge is 2.20. The molecule has 3 aromatic carbocycles. The Bertz CT molecular complexity index is 967. The molecule has 0 aliphatic carbocycles. The molecular formula is C20H17N3O2. The number of para-hydroxylation sites is 1. The first-order valence-electron chi connectivity index (χ1n) is 8.14. The summed E-state index contributed by atoms with van der Waals surface area (Å²) in [7, 11) is 0. The third-order valence-electron chi connectivity index (χ3n) is 4.26. The number of nitrogens with one attached hydrogen (secondary N) is 1. The van der Waals surface area contributed by atoms with E-state index in [9.17, 15) is 9.90 Å². The summed E-state index contributed by atoms with van der Waals surface area (Å²) in [6, 6.07) is 20.7. The highest BCUT2D eigenvalue weighted by atomic mass is 16.3. The molecule has 3 aromatic rings. The Labute approximate surface area is 145 Å². The maximum Gasteiger partial charge on any atom is 0.260 e. The van der Waals surface area contributed by atoms with Crippen LogP contribution in [0.2, 0.25) is 0 Å². The standard InChI is InChI=1S/C20H17N3O2/c24-19-16-9-5-4-6-14(16)10-11-17(19)20(25)21-18-12-13-23(22-18)15-7-2-1-3-8-15/h1-11,24H,12-13H2,(H,21,22,25). The van der Waals surface area contributed by atoms with Crippen molar-refractivity contribution in [2.24, 2.45) is 5.10 Å². The molecule has 0 bridgehead atoms. The van der Waals surface area contributed by atoms with Gasteiger partial charge in [0.05, 0.1) is 11.3 Å². The molecule has 1 amide bonds. The number of anilines is 1. The van der Waals surface area contributed by atoms with Crippen LogP contribution in [-0.4, -0.2) is 23.4 Å². The number of phenols is 1. The number of aromatic hydroxyl groups is 1. The van der Waals surface area contributed by atoms with Crippen molar-refractivity contribution in [1.82, 2.24) is 5.32 Å². The number of hydrogen-bond donors (Lipinski definition) is 2. The minimum atomic E-state index is -0.350. The van der Waals surface area contributed by atoms with Crippen LogP contribution in [0.5, 0.6) is 5.75 Å². The van der Waals surface area contributed by atoms with E-state index < -0.39 is 0 Å². The Morgan fingerprint density at radius 3 is 2.60 bits per heavy atom. The van der Waals surface area contributed by atoms with E-state index in [0.29, 0.717) is 24.2 Å². The minimum Gasteiger partial charge on any atom is -0.506 e. The van der Waals surface area contributed by atoms with E-state index in [0.717, 1.165) is 11.1 Å². The number of amidine groups is 1. The predicted molar refractivity (Wildman–Crippen MR) is 98.9 cm³/mol. The fourth-order valence-corrected chi connectivity index (χ4v) is 2.97. The van der Waals surface area contributed by atoms with Gasteiger partial charge in [-0.2, -0.15) is 5.10 Å². The molecule has 25 heavy (non-hydrogen) atoms. The van der Waals surface area contributed by atoms with Gasteiger partial charge in [-0.3, -0.25) is 9.80 Å². The van der Waals surface area contributed by atoms with Gasteiger partial charge < -0.3 is 10.4 Å². The maximum absolute atomic E-state index is 12.5. The lowest BCUT2D eigenvalue weighted by atomic mass is 10.0. The van der Waals surface area contributed by atoms with Gasteiger partial charge in [0.2, 0.25) is 0 Å². The smallest absolute Gasteiger partial charge is 0.260 e. The first-order chi connectivity index (χ1) is 12.2. The monoisotopic (exact) mass is 331 g/mol. The van der Waals surface area contributed by atoms with E-state index >= 15 is 0 Å². The van der Waals surface area contributed by atoms with Crippen molar-refractivity contribution >= 4 is 28.2 Å². The summed E-state index contributed by atoms with van der Waals surface area (Å²) in [5, 5.41) is 21.1. The number of carbonyl (C=O) groups is 1. The molecule has 0 fully saturated rings. The minimum absolute atomic E-state index is 0.00545. The quantitative estimate of drug-likeness (QED) is 0.755. The zero-order valence-electron chi connectivity index (χ0n) is 13.5. The number of fused-ring (bicyclic) bond motifs is 1. The first-order valence-corrected chi connectivity index (χ1v) is 8.14. The molecule has 5 heteroatoms. The summed E-state index contributed by atoms with van der Waals surface area (Å²) in [6.07, 6.45) is 0.648. The average molecular weight is 331 g/mol. The van der Waals surface area contributed by atoms with Crippen molar-refractivity contribution in [2.75, 3.05) is 11.6 Å². The molecule has 0 spiro atoms. The summed E-state index contributed by atoms with van der Waals surface area (Å²) >= 11 is 0. The third-order valence-corrected chi connectivity index (χ3v) is 4.26. The predicted octanol–water partition coefficient (Wildman–Crippen LogP) is 3.50. The molecular weight excluding hydrogens is 314 g/mol. The molecule has 0 atom stereocenters. The van der Waals surface area contributed by atoms with Crippen LogP contribution < -0.4 is 10.3 Å². The molecule has 124 valence electrons. The number of amides is 1. The number of nitrogens with zero attached hydrogens (tertiary/aromatic N) is 2. The largest absolute Gasteiger partial charge is 0.506 e. The summed E-state index contributed by atoms with van der Waals surface area (Å²) in [6.45, 7) is 0.712. The van der Waals surface area contributed by atoms with Crippen LogP contribution in [0.4, 0.5) is 5.69 Å². The van der Waals surface area contributed by atoms with Gasteiger partial charge in [0.1, 0.15) is 11.6 Å². The van der Waals surface area contributed by atoms with Crippen molar-refractivity contribution in [3.63, 3.8) is 0 Å². The first kappa shape index (κ1) is 15.2. The lowest BCUT2D eigenvalue weighted by molar-refractivity contribution is 0.0974. The Hall–Kier alpha value is -3.34.